The van der Waals surface area contributed by atoms with E-state index in [1.807, 2.05) is 0 Å². The summed E-state index contributed by atoms with van der Waals surface area (Å²) in [7, 11) is 0. The molecular formula is C26H20F2O6. The Bertz CT molecular complexity index is 1090. The molecule has 0 saturated carbocycles. The third-order valence-corrected chi connectivity index (χ3v) is 4.60. The molecule has 3 rings (SSSR count). The summed E-state index contributed by atoms with van der Waals surface area (Å²) < 4.78 is 49.7. The highest BCUT2D eigenvalue weighted by molar-refractivity contribution is 5.81. The highest BCUT2D eigenvalue weighted by atomic mass is 19.2. The Morgan fingerprint density at radius 3 is 1.32 bits per heavy atom. The number of esters is 2. The second-order valence-electron chi connectivity index (χ2n) is 6.70. The van der Waals surface area contributed by atoms with Crippen molar-refractivity contribution in [3.8, 4) is 33.8 Å². The molecule has 0 amide bonds. The van der Waals surface area contributed by atoms with Gasteiger partial charge in [0.25, 0.3) is 0 Å². The van der Waals surface area contributed by atoms with E-state index in [4.69, 9.17) is 18.9 Å². The first-order valence-corrected chi connectivity index (χ1v) is 9.95. The first-order chi connectivity index (χ1) is 16.4. The molecule has 0 aliphatic carbocycles. The maximum Gasteiger partial charge on any atom is 0.333 e. The van der Waals surface area contributed by atoms with E-state index >= 15 is 0 Å². The fraction of sp³-hybridized carbons (Fsp3) is 0.0769. The van der Waals surface area contributed by atoms with E-state index in [-0.39, 0.29) is 24.7 Å². The van der Waals surface area contributed by atoms with Crippen molar-refractivity contribution in [2.24, 2.45) is 0 Å². The highest BCUT2D eigenvalue weighted by Gasteiger charge is 2.16. The van der Waals surface area contributed by atoms with Crippen LogP contribution in [0, 0.1) is 11.6 Å². The van der Waals surface area contributed by atoms with Gasteiger partial charge < -0.3 is 18.9 Å². The normalized spacial score (nSPS) is 10.2. The monoisotopic (exact) mass is 466 g/mol. The predicted molar refractivity (Wildman–Crippen MR) is 121 cm³/mol. The molecule has 174 valence electrons. The van der Waals surface area contributed by atoms with Crippen molar-refractivity contribution in [1.29, 1.82) is 0 Å². The zero-order chi connectivity index (χ0) is 24.5. The summed E-state index contributed by atoms with van der Waals surface area (Å²) in [5.41, 5.74) is 1.04. The van der Waals surface area contributed by atoms with Crippen molar-refractivity contribution in [2.45, 2.75) is 0 Å². The van der Waals surface area contributed by atoms with E-state index in [9.17, 15) is 18.4 Å². The van der Waals surface area contributed by atoms with E-state index in [2.05, 4.69) is 13.2 Å². The van der Waals surface area contributed by atoms with Crippen LogP contribution < -0.4 is 9.47 Å². The highest BCUT2D eigenvalue weighted by Crippen LogP contribution is 2.32. The minimum Gasteiger partial charge on any atom is -0.457 e. The molecule has 34 heavy (non-hydrogen) atoms. The smallest absolute Gasteiger partial charge is 0.333 e. The van der Waals surface area contributed by atoms with E-state index in [0.29, 0.717) is 22.6 Å². The Balaban J connectivity index is 1.70. The molecule has 0 saturated heterocycles. The van der Waals surface area contributed by atoms with Crippen LogP contribution in [0.3, 0.4) is 0 Å². The molecule has 8 heteroatoms. The molecule has 0 spiro atoms. The Morgan fingerprint density at radius 2 is 1.00 bits per heavy atom. The SMILES string of the molecule is C=CC(=O)OCOc1ccc(-c2ccc(-c3ccc(OCOC(=O)C=C)cc3)c(F)c2F)cc1. The van der Waals surface area contributed by atoms with Crippen LogP contribution in [0.4, 0.5) is 8.78 Å². The maximum atomic E-state index is 14.9. The topological polar surface area (TPSA) is 71.1 Å². The molecule has 0 bridgehead atoms. The molecule has 0 fully saturated rings. The molecule has 0 N–H and O–H groups in total. The molecule has 0 aliphatic heterocycles. The molecule has 0 unspecified atom stereocenters. The van der Waals surface area contributed by atoms with Crippen LogP contribution in [0.1, 0.15) is 0 Å². The van der Waals surface area contributed by atoms with Crippen molar-refractivity contribution < 1.29 is 37.3 Å². The third kappa shape index (κ3) is 6.07. The molecule has 0 heterocycles. The average Bonchev–Trinajstić information content (AvgIpc) is 2.86. The predicted octanol–water partition coefficient (Wildman–Crippen LogP) is 5.43. The minimum atomic E-state index is -0.997. The van der Waals surface area contributed by atoms with Gasteiger partial charge in [0.15, 0.2) is 11.6 Å². The molecule has 3 aromatic rings. The lowest BCUT2D eigenvalue weighted by Crippen LogP contribution is -2.07. The van der Waals surface area contributed by atoms with Gasteiger partial charge in [-0.3, -0.25) is 0 Å². The fourth-order valence-corrected chi connectivity index (χ4v) is 2.89. The molecule has 0 radical (unpaired) electrons. The number of carbonyl (C=O) groups excluding carboxylic acids is 2. The largest absolute Gasteiger partial charge is 0.457 e. The first-order valence-electron chi connectivity index (χ1n) is 9.95. The zero-order valence-electron chi connectivity index (χ0n) is 18.0. The summed E-state index contributed by atoms with van der Waals surface area (Å²) >= 11 is 0. The minimum absolute atomic E-state index is 0.0786. The van der Waals surface area contributed by atoms with Crippen molar-refractivity contribution >= 4 is 11.9 Å². The molecule has 0 aromatic heterocycles. The average molecular weight is 466 g/mol. The number of benzene rings is 3. The van der Waals surface area contributed by atoms with Gasteiger partial charge >= 0.3 is 11.9 Å². The van der Waals surface area contributed by atoms with Gasteiger partial charge in [0, 0.05) is 23.3 Å². The van der Waals surface area contributed by atoms with Gasteiger partial charge in [-0.15, -0.1) is 0 Å². The number of hydrogen-bond acceptors (Lipinski definition) is 6. The Labute approximate surface area is 194 Å². The van der Waals surface area contributed by atoms with Gasteiger partial charge in [0.05, 0.1) is 0 Å². The molecule has 0 aliphatic rings. The molecular weight excluding hydrogens is 446 g/mol. The van der Waals surface area contributed by atoms with Crippen molar-refractivity contribution in [3.63, 3.8) is 0 Å². The Morgan fingerprint density at radius 1 is 0.647 bits per heavy atom. The quantitative estimate of drug-likeness (QED) is 0.225. The number of halogens is 2. The standard InChI is InChI=1S/C26H20F2O6/c1-3-23(29)33-15-31-19-9-5-17(6-10-19)21-13-14-22(26(28)25(21)27)18-7-11-20(12-8-18)32-16-34-24(30)4-2/h3-14H,1-2,15-16H2. The van der Waals surface area contributed by atoms with E-state index in [0.717, 1.165) is 12.2 Å². The summed E-state index contributed by atoms with van der Waals surface area (Å²) in [6, 6.07) is 15.4. The van der Waals surface area contributed by atoms with Gasteiger partial charge in [-0.1, -0.05) is 49.6 Å². The van der Waals surface area contributed by atoms with E-state index in [1.54, 1.807) is 48.5 Å². The second-order valence-corrected chi connectivity index (χ2v) is 6.70. The van der Waals surface area contributed by atoms with E-state index < -0.39 is 23.6 Å². The number of rotatable bonds is 10. The van der Waals surface area contributed by atoms with Crippen LogP contribution in [-0.4, -0.2) is 25.5 Å². The van der Waals surface area contributed by atoms with Crippen LogP contribution in [0.25, 0.3) is 22.3 Å². The van der Waals surface area contributed by atoms with Gasteiger partial charge in [-0.05, 0) is 35.4 Å². The third-order valence-electron chi connectivity index (χ3n) is 4.60. The van der Waals surface area contributed by atoms with Gasteiger partial charge in [-0.2, -0.15) is 0 Å². The number of hydrogen-bond donors (Lipinski definition) is 0. The summed E-state index contributed by atoms with van der Waals surface area (Å²) in [4.78, 5) is 22.0. The lowest BCUT2D eigenvalue weighted by Gasteiger charge is -2.11. The van der Waals surface area contributed by atoms with Crippen LogP contribution in [-0.2, 0) is 19.1 Å². The van der Waals surface area contributed by atoms with Gasteiger partial charge in [-0.25, -0.2) is 18.4 Å². The van der Waals surface area contributed by atoms with Crippen LogP contribution >= 0.6 is 0 Å². The second kappa shape index (κ2) is 11.4. The van der Waals surface area contributed by atoms with E-state index in [1.165, 1.54) is 12.1 Å². The lowest BCUT2D eigenvalue weighted by atomic mass is 9.98. The number of carbonyl (C=O) groups is 2. The zero-order valence-corrected chi connectivity index (χ0v) is 18.0. The van der Waals surface area contributed by atoms with Crippen molar-refractivity contribution in [1.82, 2.24) is 0 Å². The molecule has 3 aromatic carbocycles. The summed E-state index contributed by atoms with van der Waals surface area (Å²) in [6.45, 7) is 5.95. The summed E-state index contributed by atoms with van der Waals surface area (Å²) in [5.74, 6) is -2.46. The summed E-state index contributed by atoms with van der Waals surface area (Å²) in [5, 5.41) is 0. The van der Waals surface area contributed by atoms with Crippen molar-refractivity contribution in [2.75, 3.05) is 13.6 Å². The number of ether oxygens (including phenoxy) is 4. The van der Waals surface area contributed by atoms with Crippen LogP contribution in [0.2, 0.25) is 0 Å². The maximum absolute atomic E-state index is 14.9. The molecule has 6 nitrogen and oxygen atoms in total. The van der Waals surface area contributed by atoms with Gasteiger partial charge in [0.2, 0.25) is 13.6 Å². The fourth-order valence-electron chi connectivity index (χ4n) is 2.89. The van der Waals surface area contributed by atoms with Crippen LogP contribution in [0.5, 0.6) is 11.5 Å². The Hall–Kier alpha value is -4.46. The lowest BCUT2D eigenvalue weighted by molar-refractivity contribution is -0.145. The first kappa shape index (κ1) is 24.2. The summed E-state index contributed by atoms with van der Waals surface area (Å²) in [6.07, 6.45) is 2.03. The Kier molecular flexibility index (Phi) is 8.12. The molecule has 0 atom stereocenters. The van der Waals surface area contributed by atoms with Crippen molar-refractivity contribution in [3.05, 3.63) is 97.6 Å². The van der Waals surface area contributed by atoms with Gasteiger partial charge in [0.1, 0.15) is 11.5 Å². The van der Waals surface area contributed by atoms with Crippen LogP contribution in [0.15, 0.2) is 86.0 Å².